The predicted molar refractivity (Wildman–Crippen MR) is 132 cm³/mol. The molecular weight excluding hydrogens is 453 g/mol. The van der Waals surface area contributed by atoms with Gasteiger partial charge in [0.2, 0.25) is 5.91 Å². The second-order valence-corrected chi connectivity index (χ2v) is 9.19. The van der Waals surface area contributed by atoms with E-state index in [9.17, 15) is 14.0 Å². The standard InChI is InChI=1S/C27H25ClFN3O2/c28-21-5-11-24(12-6-21)32-26(33)18-25(27(32)34)31-15-13-30(14-16-31)23-9-3-20(4-10-23)17-19-1-7-22(29)8-2-19/h1-12,25H,13-18H2/t25-/m0/s1. The number of nitrogens with zero attached hydrogens (tertiary/aromatic N) is 3. The van der Waals surface area contributed by atoms with Crippen LogP contribution in [0.5, 0.6) is 0 Å². The Kier molecular flexibility index (Phi) is 6.35. The van der Waals surface area contributed by atoms with Gasteiger partial charge in [-0.25, -0.2) is 9.29 Å². The summed E-state index contributed by atoms with van der Waals surface area (Å²) in [5.74, 6) is -0.554. The van der Waals surface area contributed by atoms with Crippen molar-refractivity contribution in [3.8, 4) is 0 Å². The highest BCUT2D eigenvalue weighted by atomic mass is 35.5. The molecule has 0 unspecified atom stereocenters. The fourth-order valence-electron chi connectivity index (χ4n) is 4.72. The highest BCUT2D eigenvalue weighted by Gasteiger charge is 2.43. The van der Waals surface area contributed by atoms with E-state index in [-0.39, 0.29) is 24.1 Å². The van der Waals surface area contributed by atoms with Crippen LogP contribution in [0.4, 0.5) is 15.8 Å². The molecule has 2 saturated heterocycles. The van der Waals surface area contributed by atoms with Crippen LogP contribution in [-0.4, -0.2) is 48.9 Å². The van der Waals surface area contributed by atoms with Crippen molar-refractivity contribution in [3.05, 3.63) is 94.8 Å². The van der Waals surface area contributed by atoms with E-state index in [1.807, 2.05) is 12.1 Å². The normalized spacial score (nSPS) is 19.2. The third-order valence-corrected chi connectivity index (χ3v) is 6.84. The molecule has 0 N–H and O–H groups in total. The smallest absolute Gasteiger partial charge is 0.251 e. The van der Waals surface area contributed by atoms with Crippen LogP contribution in [-0.2, 0) is 16.0 Å². The molecule has 5 rings (SSSR count). The molecule has 0 aliphatic carbocycles. The number of halogens is 2. The van der Waals surface area contributed by atoms with Gasteiger partial charge in [-0.15, -0.1) is 0 Å². The first kappa shape index (κ1) is 22.6. The maximum atomic E-state index is 13.1. The Morgan fingerprint density at radius 2 is 1.32 bits per heavy atom. The first-order chi connectivity index (χ1) is 16.5. The van der Waals surface area contributed by atoms with Crippen molar-refractivity contribution in [1.29, 1.82) is 0 Å². The second-order valence-electron chi connectivity index (χ2n) is 8.76. The number of carbonyl (C=O) groups is 2. The molecule has 0 radical (unpaired) electrons. The molecule has 2 heterocycles. The SMILES string of the molecule is O=C1C[C@H](N2CCN(c3ccc(Cc4ccc(F)cc4)cc3)CC2)C(=O)N1c1ccc(Cl)cc1. The quantitative estimate of drug-likeness (QED) is 0.507. The molecule has 1 atom stereocenters. The fraction of sp³-hybridized carbons (Fsp3) is 0.259. The van der Waals surface area contributed by atoms with Crippen LogP contribution in [0.2, 0.25) is 5.02 Å². The maximum Gasteiger partial charge on any atom is 0.251 e. The Bertz CT molecular complexity index is 1170. The lowest BCUT2D eigenvalue weighted by atomic mass is 10.0. The van der Waals surface area contributed by atoms with Gasteiger partial charge < -0.3 is 4.90 Å². The van der Waals surface area contributed by atoms with Gasteiger partial charge in [0.25, 0.3) is 5.91 Å². The molecule has 7 heteroatoms. The fourth-order valence-corrected chi connectivity index (χ4v) is 4.84. The Balaban J connectivity index is 1.18. The van der Waals surface area contributed by atoms with Gasteiger partial charge in [-0.05, 0) is 66.1 Å². The summed E-state index contributed by atoms with van der Waals surface area (Å²) in [7, 11) is 0. The number of anilines is 2. The van der Waals surface area contributed by atoms with Crippen molar-refractivity contribution in [2.45, 2.75) is 18.9 Å². The molecule has 0 bridgehead atoms. The molecule has 0 aromatic heterocycles. The number of carbonyl (C=O) groups excluding carboxylic acids is 2. The van der Waals surface area contributed by atoms with E-state index >= 15 is 0 Å². The number of rotatable bonds is 5. The molecule has 2 fully saturated rings. The Morgan fingerprint density at radius 3 is 1.94 bits per heavy atom. The second kappa shape index (κ2) is 9.57. The molecular formula is C27H25ClFN3O2. The van der Waals surface area contributed by atoms with Gasteiger partial charge in [-0.2, -0.15) is 0 Å². The third kappa shape index (κ3) is 4.69. The van der Waals surface area contributed by atoms with Crippen molar-refractivity contribution in [3.63, 3.8) is 0 Å². The van der Waals surface area contributed by atoms with Crippen LogP contribution < -0.4 is 9.80 Å². The number of hydrogen-bond acceptors (Lipinski definition) is 4. The van der Waals surface area contributed by atoms with Crippen LogP contribution in [0.15, 0.2) is 72.8 Å². The Labute approximate surface area is 203 Å². The van der Waals surface area contributed by atoms with E-state index in [1.165, 1.54) is 22.6 Å². The summed E-state index contributed by atoms with van der Waals surface area (Å²) < 4.78 is 13.1. The van der Waals surface area contributed by atoms with E-state index in [0.29, 0.717) is 10.7 Å². The van der Waals surface area contributed by atoms with E-state index in [0.717, 1.165) is 43.9 Å². The Morgan fingerprint density at radius 1 is 0.765 bits per heavy atom. The molecule has 3 aromatic carbocycles. The van der Waals surface area contributed by atoms with Gasteiger partial charge in [0, 0.05) is 36.9 Å². The van der Waals surface area contributed by atoms with Gasteiger partial charge in [-0.3, -0.25) is 14.5 Å². The lowest BCUT2D eigenvalue weighted by Crippen LogP contribution is -2.52. The first-order valence-corrected chi connectivity index (χ1v) is 11.8. The molecule has 5 nitrogen and oxygen atoms in total. The van der Waals surface area contributed by atoms with E-state index < -0.39 is 6.04 Å². The van der Waals surface area contributed by atoms with Gasteiger partial charge in [-0.1, -0.05) is 35.9 Å². The molecule has 174 valence electrons. The minimum absolute atomic E-state index is 0.161. The highest BCUT2D eigenvalue weighted by Crippen LogP contribution is 2.28. The zero-order chi connectivity index (χ0) is 23.7. The Hall–Kier alpha value is -3.22. The zero-order valence-electron chi connectivity index (χ0n) is 18.7. The van der Waals surface area contributed by atoms with Gasteiger partial charge in [0.1, 0.15) is 5.82 Å². The van der Waals surface area contributed by atoms with Crippen molar-refractivity contribution in [2.75, 3.05) is 36.0 Å². The van der Waals surface area contributed by atoms with Gasteiger partial charge in [0.05, 0.1) is 18.2 Å². The summed E-state index contributed by atoms with van der Waals surface area (Å²) in [5, 5.41) is 0.569. The minimum Gasteiger partial charge on any atom is -0.369 e. The molecule has 2 aliphatic heterocycles. The molecule has 0 saturated carbocycles. The number of imide groups is 1. The zero-order valence-corrected chi connectivity index (χ0v) is 19.4. The van der Waals surface area contributed by atoms with Gasteiger partial charge >= 0.3 is 0 Å². The minimum atomic E-state index is -0.414. The molecule has 3 aromatic rings. The van der Waals surface area contributed by atoms with Crippen LogP contribution in [0.3, 0.4) is 0 Å². The highest BCUT2D eigenvalue weighted by molar-refractivity contribution is 6.30. The van der Waals surface area contributed by atoms with Crippen LogP contribution in [0.1, 0.15) is 17.5 Å². The van der Waals surface area contributed by atoms with Crippen LogP contribution in [0, 0.1) is 5.82 Å². The van der Waals surface area contributed by atoms with E-state index in [1.54, 1.807) is 24.3 Å². The van der Waals surface area contributed by atoms with E-state index in [4.69, 9.17) is 11.6 Å². The number of hydrogen-bond donors (Lipinski definition) is 0. The average molecular weight is 478 g/mol. The first-order valence-electron chi connectivity index (χ1n) is 11.4. The van der Waals surface area contributed by atoms with Crippen molar-refractivity contribution in [1.82, 2.24) is 4.90 Å². The van der Waals surface area contributed by atoms with Crippen molar-refractivity contribution in [2.24, 2.45) is 0 Å². The topological polar surface area (TPSA) is 43.9 Å². The summed E-state index contributed by atoms with van der Waals surface area (Å²) in [6.45, 7) is 3.01. The lowest BCUT2D eigenvalue weighted by molar-refractivity contribution is -0.123. The van der Waals surface area contributed by atoms with Crippen molar-refractivity contribution < 1.29 is 14.0 Å². The maximum absolute atomic E-state index is 13.1. The van der Waals surface area contributed by atoms with Gasteiger partial charge in [0.15, 0.2) is 0 Å². The third-order valence-electron chi connectivity index (χ3n) is 6.59. The van der Waals surface area contributed by atoms with Crippen LogP contribution >= 0.6 is 11.6 Å². The molecule has 2 aliphatic rings. The molecule has 0 spiro atoms. The average Bonchev–Trinajstić information content (AvgIpc) is 3.15. The van der Waals surface area contributed by atoms with E-state index in [2.05, 4.69) is 34.1 Å². The predicted octanol–water partition coefficient (Wildman–Crippen LogP) is 4.52. The molecule has 34 heavy (non-hydrogen) atoms. The summed E-state index contributed by atoms with van der Waals surface area (Å²) in [4.78, 5) is 31.4. The largest absolute Gasteiger partial charge is 0.369 e. The summed E-state index contributed by atoms with van der Waals surface area (Å²) in [5.41, 5.74) is 3.96. The monoisotopic (exact) mass is 477 g/mol. The summed E-state index contributed by atoms with van der Waals surface area (Å²) in [6.07, 6.45) is 0.968. The number of piperazine rings is 1. The summed E-state index contributed by atoms with van der Waals surface area (Å²) in [6, 6.07) is 21.4. The lowest BCUT2D eigenvalue weighted by Gasteiger charge is -2.38. The molecule has 2 amide bonds. The van der Waals surface area contributed by atoms with Crippen LogP contribution in [0.25, 0.3) is 0 Å². The van der Waals surface area contributed by atoms with Crippen molar-refractivity contribution >= 4 is 34.8 Å². The number of amides is 2. The summed E-state index contributed by atoms with van der Waals surface area (Å²) >= 11 is 5.94. The number of benzene rings is 3.